The molecule has 14 atom stereocenters. The summed E-state index contributed by atoms with van der Waals surface area (Å²) in [5, 5.41) is 33.7. The summed E-state index contributed by atoms with van der Waals surface area (Å²) in [5.74, 6) is -10.6. The SMILES string of the molecule is C/C=C/C[C@@H](C)[C@@H](O)[C@H]1C(=O)N[C@@H](CC)C(=O)N(C)[C@H](OCCN2CCC(O)C2)C(=O)N(C)[C@@H](CC(C)C)C(=O)N[C@@H](C(C)C)C(=O)N(C)[C@@H](CC(C)C)C(=O)N[C@@H](C)C(=O)N[C@H](C)C(=O)N(C)[C@@H](CC(C)C)C(=O)N(C)[C@@H](CC(C)C)C(=O)N(C)[C@@H](C(C)C)C(=O)N1C. The van der Waals surface area contributed by atoms with Crippen molar-refractivity contribution in [2.24, 2.45) is 41.4 Å². The molecule has 2 fully saturated rings. The number of likely N-dealkylation sites (tertiary alicyclic amines) is 1. The lowest BCUT2D eigenvalue weighted by Gasteiger charge is -2.41. The Morgan fingerprint density at radius 1 is 0.500 bits per heavy atom. The van der Waals surface area contributed by atoms with E-state index in [0.29, 0.717) is 19.5 Å². The van der Waals surface area contributed by atoms with E-state index in [1.54, 1.807) is 60.6 Å². The molecule has 0 aromatic heterocycles. The fraction of sp³-hybridized carbons (Fsp3) is 0.809. The summed E-state index contributed by atoms with van der Waals surface area (Å²) >= 11 is 0. The predicted molar refractivity (Wildman–Crippen MR) is 360 cm³/mol. The Hall–Kier alpha value is -6.25. The molecule has 6 N–H and O–H groups in total. The number of β-amino-alcohol motifs (C(OH)–C–C–N with tert-alkyl or cyclic N) is 1. The molecule has 2 heterocycles. The maximum atomic E-state index is 15.4. The van der Waals surface area contributed by atoms with Crippen LogP contribution in [0, 0.1) is 41.4 Å². The Balaban J connectivity index is 3.10. The number of aliphatic hydroxyl groups is 2. The van der Waals surface area contributed by atoms with Crippen molar-refractivity contribution in [3.8, 4) is 0 Å². The highest BCUT2D eigenvalue weighted by molar-refractivity contribution is 6.00. The largest absolute Gasteiger partial charge is 0.392 e. The second-order valence-electron chi connectivity index (χ2n) is 28.8. The molecule has 2 aliphatic rings. The normalized spacial score (nSPS) is 28.1. The zero-order valence-electron chi connectivity index (χ0n) is 61.4. The number of carbonyl (C=O) groups is 11. The molecule has 1 unspecified atom stereocenters. The first-order chi connectivity index (χ1) is 43.6. The first-order valence-corrected chi connectivity index (χ1v) is 34.0. The van der Waals surface area contributed by atoms with Gasteiger partial charge in [0.25, 0.3) is 5.91 Å². The van der Waals surface area contributed by atoms with Gasteiger partial charge in [0, 0.05) is 69.0 Å². The minimum Gasteiger partial charge on any atom is -0.392 e. The van der Waals surface area contributed by atoms with Gasteiger partial charge >= 0.3 is 0 Å². The zero-order valence-corrected chi connectivity index (χ0v) is 61.4. The smallest absolute Gasteiger partial charge is 0.273 e. The molecule has 0 bridgehead atoms. The van der Waals surface area contributed by atoms with Crippen LogP contribution < -0.4 is 21.3 Å². The van der Waals surface area contributed by atoms with Crippen LogP contribution in [0.4, 0.5) is 0 Å². The summed E-state index contributed by atoms with van der Waals surface area (Å²) in [4.78, 5) is 174. The number of hydrogen-bond donors (Lipinski definition) is 6. The zero-order chi connectivity index (χ0) is 72.2. The third-order valence-corrected chi connectivity index (χ3v) is 18.1. The molecule has 2 aliphatic heterocycles. The number of carbonyl (C=O) groups excluding carboxylic acids is 11. The average molecular weight is 1330 g/mol. The van der Waals surface area contributed by atoms with Crippen LogP contribution in [-0.4, -0.2) is 269 Å². The van der Waals surface area contributed by atoms with Gasteiger partial charge in [-0.1, -0.05) is 109 Å². The van der Waals surface area contributed by atoms with E-state index in [4.69, 9.17) is 4.74 Å². The molecule has 0 aromatic carbocycles. The number of ether oxygens (including phenoxy) is 1. The van der Waals surface area contributed by atoms with Gasteiger partial charge in [-0.2, -0.15) is 0 Å². The highest BCUT2D eigenvalue weighted by Crippen LogP contribution is 2.26. The molecule has 26 nitrogen and oxygen atoms in total. The van der Waals surface area contributed by atoms with Crippen LogP contribution in [0.3, 0.4) is 0 Å². The second kappa shape index (κ2) is 38.5. The first-order valence-electron chi connectivity index (χ1n) is 34.0. The van der Waals surface area contributed by atoms with Gasteiger partial charge in [0.15, 0.2) is 0 Å². The molecule has 26 heteroatoms. The topological polar surface area (TPSA) is 312 Å². The molecule has 0 radical (unpaired) electrons. The maximum Gasteiger partial charge on any atom is 0.273 e. The lowest BCUT2D eigenvalue weighted by atomic mass is 9.91. The Kier molecular flexibility index (Phi) is 34.3. The number of likely N-dealkylation sites (N-methyl/N-ethyl adjacent to an activating group) is 7. The lowest BCUT2D eigenvalue weighted by molar-refractivity contribution is -0.168. The summed E-state index contributed by atoms with van der Waals surface area (Å²) in [6.45, 7) is 30.7. The van der Waals surface area contributed by atoms with E-state index in [-0.39, 0.29) is 75.3 Å². The van der Waals surface area contributed by atoms with Crippen molar-refractivity contribution in [1.82, 2.24) is 60.5 Å². The van der Waals surface area contributed by atoms with Crippen molar-refractivity contribution in [3.05, 3.63) is 12.2 Å². The van der Waals surface area contributed by atoms with E-state index in [1.807, 2.05) is 60.3 Å². The fourth-order valence-corrected chi connectivity index (χ4v) is 12.2. The van der Waals surface area contributed by atoms with E-state index < -0.39 is 162 Å². The van der Waals surface area contributed by atoms with E-state index in [2.05, 4.69) is 21.3 Å². The van der Waals surface area contributed by atoms with Crippen LogP contribution >= 0.6 is 0 Å². The van der Waals surface area contributed by atoms with E-state index >= 15 is 28.8 Å². The van der Waals surface area contributed by atoms with E-state index in [9.17, 15) is 34.2 Å². The van der Waals surface area contributed by atoms with Crippen LogP contribution in [-0.2, 0) is 57.5 Å². The molecule has 94 heavy (non-hydrogen) atoms. The van der Waals surface area contributed by atoms with Gasteiger partial charge in [0.05, 0.1) is 18.8 Å². The summed E-state index contributed by atoms with van der Waals surface area (Å²) in [6, 6.07) is -12.9. The van der Waals surface area contributed by atoms with Crippen molar-refractivity contribution in [2.75, 3.05) is 75.6 Å². The van der Waals surface area contributed by atoms with Gasteiger partial charge in [-0.05, 0) is 107 Å². The van der Waals surface area contributed by atoms with Crippen molar-refractivity contribution >= 4 is 65.0 Å². The Labute approximate surface area is 561 Å². The van der Waals surface area contributed by atoms with Crippen LogP contribution in [0.25, 0.3) is 0 Å². The van der Waals surface area contributed by atoms with Gasteiger partial charge in [-0.3, -0.25) is 57.6 Å². The number of hydrogen-bond acceptors (Lipinski definition) is 15. The van der Waals surface area contributed by atoms with Crippen molar-refractivity contribution in [1.29, 1.82) is 0 Å². The number of allylic oxidation sites excluding steroid dienone is 2. The number of nitrogens with one attached hydrogen (secondary N) is 4. The van der Waals surface area contributed by atoms with Gasteiger partial charge < -0.3 is 70.5 Å². The van der Waals surface area contributed by atoms with Gasteiger partial charge in [-0.15, -0.1) is 0 Å². The van der Waals surface area contributed by atoms with Crippen molar-refractivity contribution in [3.63, 3.8) is 0 Å². The molecule has 0 aliphatic carbocycles. The molecule has 0 saturated carbocycles. The summed E-state index contributed by atoms with van der Waals surface area (Å²) < 4.78 is 6.34. The quantitative estimate of drug-likeness (QED) is 0.101. The van der Waals surface area contributed by atoms with Crippen molar-refractivity contribution < 1.29 is 67.7 Å². The average Bonchev–Trinajstić information content (AvgIpc) is 0.879. The summed E-state index contributed by atoms with van der Waals surface area (Å²) in [7, 11) is 9.79. The third-order valence-electron chi connectivity index (χ3n) is 18.1. The molecular weight excluding hydrogens is 1210 g/mol. The summed E-state index contributed by atoms with van der Waals surface area (Å²) in [5.41, 5.74) is 0. The first kappa shape index (κ1) is 83.8. The number of nitrogens with zero attached hydrogens (tertiary/aromatic N) is 8. The standard InChI is InChI=1S/C68H122N12O14/c1-25-27-28-44(15)56(82)55-60(86)71-48(26-2)62(88)79(24)68(94-32-31-80-30-29-47(81)37-80)67(93)74(19)50(34-39(5)6)59(85)72-53(42(11)12)65(91)73(18)49(33-38(3)4)58(84)69-45(16)57(83)70-46(17)61(87)75(20)51(35-40(7)8)63(89)76(21)52(36-41(9)10)64(90)77(22)54(43(13)14)66(92)78(55)23/h25,27,38-56,68,81-82H,26,28-37H2,1-24H3,(H,69,84)(H,70,83)(H,71,86)(H,72,85)/b27-25+/t44-,45+,46-,47?,48+,49+,50+,51+,52+,53+,54+,55+,56-,68-/m1/s1. The second-order valence-corrected chi connectivity index (χ2v) is 28.8. The molecule has 0 aromatic rings. The molecular formula is C68H122N12O14. The third kappa shape index (κ3) is 23.3. The Bertz CT molecular complexity index is 2580. The molecule has 538 valence electrons. The Morgan fingerprint density at radius 2 is 0.947 bits per heavy atom. The van der Waals surface area contributed by atoms with Gasteiger partial charge in [0.1, 0.15) is 60.4 Å². The maximum absolute atomic E-state index is 15.4. The monoisotopic (exact) mass is 1330 g/mol. The highest BCUT2D eigenvalue weighted by atomic mass is 16.5. The molecule has 0 spiro atoms. The minimum absolute atomic E-state index is 0.0621. The minimum atomic E-state index is -1.73. The van der Waals surface area contributed by atoms with Crippen LogP contribution in [0.15, 0.2) is 12.2 Å². The van der Waals surface area contributed by atoms with Crippen LogP contribution in [0.1, 0.15) is 163 Å². The summed E-state index contributed by atoms with van der Waals surface area (Å²) in [6.07, 6.45) is 0.929. The van der Waals surface area contributed by atoms with Crippen molar-refractivity contribution in [2.45, 2.75) is 242 Å². The fourth-order valence-electron chi connectivity index (χ4n) is 12.2. The molecule has 2 saturated heterocycles. The predicted octanol–water partition coefficient (Wildman–Crippen LogP) is 2.68. The van der Waals surface area contributed by atoms with Crippen LogP contribution in [0.5, 0.6) is 0 Å². The molecule has 2 rings (SSSR count). The Morgan fingerprint density at radius 3 is 1.40 bits per heavy atom. The molecule has 11 amide bonds. The van der Waals surface area contributed by atoms with Gasteiger partial charge in [-0.25, -0.2) is 0 Å². The van der Waals surface area contributed by atoms with Gasteiger partial charge in [0.2, 0.25) is 65.3 Å². The lowest BCUT2D eigenvalue weighted by Crippen LogP contribution is -2.64. The van der Waals surface area contributed by atoms with Crippen LogP contribution in [0.2, 0.25) is 0 Å². The van der Waals surface area contributed by atoms with E-state index in [0.717, 1.165) is 14.7 Å². The number of amides is 11. The number of aliphatic hydroxyl groups excluding tert-OH is 2. The highest BCUT2D eigenvalue weighted by Gasteiger charge is 2.47. The number of rotatable bonds is 19. The van der Waals surface area contributed by atoms with E-state index in [1.165, 1.54) is 82.8 Å².